The fourth-order valence-electron chi connectivity index (χ4n) is 1.87. The van der Waals surface area contributed by atoms with Crippen LogP contribution in [0.1, 0.15) is 16.9 Å². The molecule has 0 spiro atoms. The maximum absolute atomic E-state index is 12.0. The van der Waals surface area contributed by atoms with E-state index in [-0.39, 0.29) is 34.6 Å². The number of aromatic amines is 1. The molecule has 0 bridgehead atoms. The second kappa shape index (κ2) is 5.55. The van der Waals surface area contributed by atoms with Gasteiger partial charge in [-0.05, 0) is 6.42 Å². The van der Waals surface area contributed by atoms with Crippen LogP contribution < -0.4 is 11.1 Å². The largest absolute Gasteiger partial charge is 0.381 e. The quantitative estimate of drug-likeness (QED) is 0.730. The van der Waals surface area contributed by atoms with Crippen molar-refractivity contribution in [3.05, 3.63) is 10.7 Å². The number of hydrogen-bond donors (Lipinski definition) is 3. The van der Waals surface area contributed by atoms with Gasteiger partial charge in [0, 0.05) is 13.7 Å². The summed E-state index contributed by atoms with van der Waals surface area (Å²) in [5, 5.41) is 9.08. The molecule has 1 saturated heterocycles. The van der Waals surface area contributed by atoms with Crippen molar-refractivity contribution >= 4 is 23.3 Å². The lowest BCUT2D eigenvalue weighted by atomic mass is 10.1. The average Bonchev–Trinajstić information content (AvgIpc) is 2.71. The van der Waals surface area contributed by atoms with E-state index in [1.54, 1.807) is 7.11 Å². The van der Waals surface area contributed by atoms with Gasteiger partial charge in [0.2, 0.25) is 0 Å². The van der Waals surface area contributed by atoms with E-state index in [0.717, 1.165) is 6.42 Å². The standard InChI is InChI=1S/C10H15ClN4O3/c1-17-6-2-3-18-4-5(6)13-10(16)8-7(11)9(12)15-14-8/h5-6H,2-4H2,1H3,(H,13,16)(H3,12,14,15)/t5-,6-/m1/s1. The average molecular weight is 275 g/mol. The summed E-state index contributed by atoms with van der Waals surface area (Å²) in [5.41, 5.74) is 5.61. The van der Waals surface area contributed by atoms with Crippen LogP contribution in [-0.4, -0.2) is 48.6 Å². The Hall–Kier alpha value is -1.31. The van der Waals surface area contributed by atoms with Gasteiger partial charge in [0.05, 0.1) is 18.8 Å². The van der Waals surface area contributed by atoms with Gasteiger partial charge in [-0.1, -0.05) is 11.6 Å². The Morgan fingerprint density at radius 2 is 2.50 bits per heavy atom. The number of hydrogen-bond acceptors (Lipinski definition) is 5. The van der Waals surface area contributed by atoms with Crippen LogP contribution in [0.25, 0.3) is 0 Å². The molecular weight excluding hydrogens is 260 g/mol. The first-order chi connectivity index (χ1) is 8.63. The number of H-pyrrole nitrogens is 1. The fraction of sp³-hybridized carbons (Fsp3) is 0.600. The van der Waals surface area contributed by atoms with Crippen molar-refractivity contribution < 1.29 is 14.3 Å². The number of nitrogens with zero attached hydrogens (tertiary/aromatic N) is 1. The Morgan fingerprint density at radius 1 is 1.72 bits per heavy atom. The smallest absolute Gasteiger partial charge is 0.271 e. The third kappa shape index (κ3) is 2.58. The number of carbonyl (C=O) groups is 1. The van der Waals surface area contributed by atoms with Crippen LogP contribution in [0.3, 0.4) is 0 Å². The minimum atomic E-state index is -0.373. The molecule has 1 amide bonds. The van der Waals surface area contributed by atoms with Crippen LogP contribution in [0, 0.1) is 0 Å². The summed E-state index contributed by atoms with van der Waals surface area (Å²) in [6.45, 7) is 1.04. The van der Waals surface area contributed by atoms with Gasteiger partial charge in [-0.25, -0.2) is 0 Å². The predicted molar refractivity (Wildman–Crippen MR) is 65.5 cm³/mol. The van der Waals surface area contributed by atoms with Crippen LogP contribution >= 0.6 is 11.6 Å². The lowest BCUT2D eigenvalue weighted by Gasteiger charge is -2.30. The second-order valence-electron chi connectivity index (χ2n) is 4.02. The van der Waals surface area contributed by atoms with Crippen molar-refractivity contribution in [2.24, 2.45) is 0 Å². The van der Waals surface area contributed by atoms with Crippen LogP contribution in [0.5, 0.6) is 0 Å². The van der Waals surface area contributed by atoms with Gasteiger partial charge in [0.25, 0.3) is 5.91 Å². The molecule has 2 heterocycles. The summed E-state index contributed by atoms with van der Waals surface area (Å²) in [7, 11) is 1.61. The summed E-state index contributed by atoms with van der Waals surface area (Å²) >= 11 is 5.85. The van der Waals surface area contributed by atoms with Crippen LogP contribution in [-0.2, 0) is 9.47 Å². The first-order valence-electron chi connectivity index (χ1n) is 5.54. The summed E-state index contributed by atoms with van der Waals surface area (Å²) in [5.74, 6) is -0.272. The van der Waals surface area contributed by atoms with Crippen molar-refractivity contribution in [1.82, 2.24) is 15.5 Å². The minimum absolute atomic E-state index is 0.0678. The Bertz CT molecular complexity index is 437. The van der Waals surface area contributed by atoms with E-state index < -0.39 is 0 Å². The van der Waals surface area contributed by atoms with Crippen molar-refractivity contribution in [1.29, 1.82) is 0 Å². The van der Waals surface area contributed by atoms with Gasteiger partial charge in [-0.3, -0.25) is 9.89 Å². The van der Waals surface area contributed by atoms with Gasteiger partial charge >= 0.3 is 0 Å². The molecule has 2 rings (SSSR count). The fourth-order valence-corrected chi connectivity index (χ4v) is 2.04. The SMILES string of the molecule is CO[C@@H]1CCOC[C@H]1NC(=O)c1[nH]nc(N)c1Cl. The van der Waals surface area contributed by atoms with Gasteiger partial charge < -0.3 is 20.5 Å². The van der Waals surface area contributed by atoms with Crippen molar-refractivity contribution in [3.63, 3.8) is 0 Å². The number of aromatic nitrogens is 2. The van der Waals surface area contributed by atoms with Crippen LogP contribution in [0.4, 0.5) is 5.82 Å². The summed E-state index contributed by atoms with van der Waals surface area (Å²) in [4.78, 5) is 12.0. The molecule has 1 aromatic heterocycles. The summed E-state index contributed by atoms with van der Waals surface area (Å²) < 4.78 is 10.6. The molecule has 1 fully saturated rings. The molecule has 18 heavy (non-hydrogen) atoms. The maximum Gasteiger partial charge on any atom is 0.271 e. The zero-order valence-electron chi connectivity index (χ0n) is 9.90. The third-order valence-electron chi connectivity index (χ3n) is 2.87. The highest BCUT2D eigenvalue weighted by molar-refractivity contribution is 6.35. The number of carbonyl (C=O) groups excluding carboxylic acids is 1. The topological polar surface area (TPSA) is 102 Å². The number of nitrogens with one attached hydrogen (secondary N) is 2. The molecule has 0 saturated carbocycles. The van der Waals surface area contributed by atoms with E-state index in [4.69, 9.17) is 26.8 Å². The van der Waals surface area contributed by atoms with Crippen molar-refractivity contribution in [2.45, 2.75) is 18.6 Å². The molecule has 0 aliphatic carbocycles. The molecule has 1 aliphatic rings. The molecule has 0 radical (unpaired) electrons. The van der Waals surface area contributed by atoms with Crippen molar-refractivity contribution in [3.8, 4) is 0 Å². The number of amides is 1. The molecular formula is C10H15ClN4O3. The maximum atomic E-state index is 12.0. The Kier molecular flexibility index (Phi) is 4.05. The summed E-state index contributed by atoms with van der Waals surface area (Å²) in [6, 6.07) is -0.211. The molecule has 0 aromatic carbocycles. The lowest BCUT2D eigenvalue weighted by molar-refractivity contribution is -0.0349. The number of nitrogen functional groups attached to an aromatic ring is 1. The van der Waals surface area contributed by atoms with E-state index in [0.29, 0.717) is 13.2 Å². The zero-order chi connectivity index (χ0) is 13.1. The van der Waals surface area contributed by atoms with Crippen molar-refractivity contribution in [2.75, 3.05) is 26.1 Å². The minimum Gasteiger partial charge on any atom is -0.381 e. The second-order valence-corrected chi connectivity index (χ2v) is 4.39. The van der Waals surface area contributed by atoms with Crippen LogP contribution in [0.15, 0.2) is 0 Å². The Morgan fingerprint density at radius 3 is 3.11 bits per heavy atom. The van der Waals surface area contributed by atoms with Gasteiger partial charge in [-0.15, -0.1) is 0 Å². The normalized spacial score (nSPS) is 23.9. The Balaban J connectivity index is 2.04. The lowest BCUT2D eigenvalue weighted by Crippen LogP contribution is -2.50. The number of halogens is 1. The molecule has 0 unspecified atom stereocenters. The molecule has 2 atom stereocenters. The van der Waals surface area contributed by atoms with Gasteiger partial charge in [0.15, 0.2) is 5.82 Å². The number of nitrogens with two attached hydrogens (primary N) is 1. The zero-order valence-corrected chi connectivity index (χ0v) is 10.7. The van der Waals surface area contributed by atoms with Gasteiger partial charge in [-0.2, -0.15) is 5.10 Å². The monoisotopic (exact) mass is 274 g/mol. The highest BCUT2D eigenvalue weighted by Crippen LogP contribution is 2.20. The number of ether oxygens (including phenoxy) is 2. The van der Waals surface area contributed by atoms with E-state index in [9.17, 15) is 4.79 Å². The highest BCUT2D eigenvalue weighted by Gasteiger charge is 2.28. The number of methoxy groups -OCH3 is 1. The molecule has 1 aliphatic heterocycles. The Labute approximate surface area is 109 Å². The summed E-state index contributed by atoms with van der Waals surface area (Å²) in [6.07, 6.45) is 0.669. The third-order valence-corrected chi connectivity index (χ3v) is 3.25. The first kappa shape index (κ1) is 13.1. The highest BCUT2D eigenvalue weighted by atomic mass is 35.5. The predicted octanol–water partition coefficient (Wildman–Crippen LogP) is 0.179. The first-order valence-corrected chi connectivity index (χ1v) is 5.92. The molecule has 100 valence electrons. The number of rotatable bonds is 3. The van der Waals surface area contributed by atoms with E-state index in [2.05, 4.69) is 15.5 Å². The van der Waals surface area contributed by atoms with Crippen LogP contribution in [0.2, 0.25) is 5.02 Å². The molecule has 4 N–H and O–H groups in total. The molecule has 1 aromatic rings. The van der Waals surface area contributed by atoms with E-state index in [1.165, 1.54) is 0 Å². The number of anilines is 1. The van der Waals surface area contributed by atoms with Gasteiger partial charge in [0.1, 0.15) is 10.7 Å². The molecule has 7 nitrogen and oxygen atoms in total. The van der Waals surface area contributed by atoms with E-state index >= 15 is 0 Å². The molecule has 8 heteroatoms. The van der Waals surface area contributed by atoms with E-state index in [1.807, 2.05) is 0 Å².